The van der Waals surface area contributed by atoms with Gasteiger partial charge in [0.1, 0.15) is 0 Å². The summed E-state index contributed by atoms with van der Waals surface area (Å²) in [5.74, 6) is -0.407. The van der Waals surface area contributed by atoms with Crippen molar-refractivity contribution in [3.8, 4) is 0 Å². The van der Waals surface area contributed by atoms with Crippen molar-refractivity contribution in [2.75, 3.05) is 46.7 Å². The van der Waals surface area contributed by atoms with Gasteiger partial charge in [0.15, 0.2) is 0 Å². The highest BCUT2D eigenvalue weighted by Crippen LogP contribution is 2.43. The zero-order valence-electron chi connectivity index (χ0n) is 16.5. The molecule has 9 heteroatoms. The van der Waals surface area contributed by atoms with Crippen molar-refractivity contribution in [1.82, 2.24) is 10.2 Å². The average molecular weight is 447 g/mol. The van der Waals surface area contributed by atoms with E-state index in [4.69, 9.17) is 14.2 Å². The van der Waals surface area contributed by atoms with Crippen molar-refractivity contribution in [3.05, 3.63) is 55.9 Å². The highest BCUT2D eigenvalue weighted by molar-refractivity contribution is 7.11. The van der Waals surface area contributed by atoms with Crippen LogP contribution in [0.4, 0.5) is 0 Å². The van der Waals surface area contributed by atoms with E-state index < -0.39 is 0 Å². The summed E-state index contributed by atoms with van der Waals surface area (Å²) >= 11 is 3.00. The number of nitrogens with zero attached hydrogens (tertiary/aromatic N) is 1. The first-order chi connectivity index (χ1) is 14.7. The Labute approximate surface area is 182 Å². The third kappa shape index (κ3) is 4.12. The van der Waals surface area contributed by atoms with Crippen molar-refractivity contribution < 1.29 is 23.8 Å². The summed E-state index contributed by atoms with van der Waals surface area (Å²) < 4.78 is 16.0. The maximum absolute atomic E-state index is 13.3. The fourth-order valence-electron chi connectivity index (χ4n) is 3.40. The van der Waals surface area contributed by atoms with E-state index in [1.54, 1.807) is 12.0 Å². The lowest BCUT2D eigenvalue weighted by Crippen LogP contribution is -2.30. The van der Waals surface area contributed by atoms with Gasteiger partial charge in [0.25, 0.3) is 11.8 Å². The minimum atomic E-state index is -0.236. The van der Waals surface area contributed by atoms with Crippen LogP contribution >= 0.6 is 22.7 Å². The van der Waals surface area contributed by atoms with Crippen LogP contribution in [0.3, 0.4) is 0 Å². The average Bonchev–Trinajstić information content (AvgIpc) is 3.52. The number of carbonyl (C=O) groups excluding carboxylic acids is 2. The molecule has 0 fully saturated rings. The molecule has 2 aromatic heterocycles. The van der Waals surface area contributed by atoms with Gasteiger partial charge >= 0.3 is 0 Å². The topological polar surface area (TPSA) is 77.1 Å². The van der Waals surface area contributed by atoms with Crippen LogP contribution in [0.5, 0.6) is 0 Å². The first-order valence-corrected chi connectivity index (χ1v) is 11.3. The molecule has 0 spiro atoms. The van der Waals surface area contributed by atoms with Gasteiger partial charge < -0.3 is 24.4 Å². The number of nitrogens with one attached hydrogen (secondary N) is 1. The monoisotopic (exact) mass is 446 g/mol. The van der Waals surface area contributed by atoms with Gasteiger partial charge in [-0.05, 0) is 22.9 Å². The van der Waals surface area contributed by atoms with Crippen molar-refractivity contribution >= 4 is 45.9 Å². The molecule has 0 saturated heterocycles. The number of methoxy groups -OCH3 is 1. The quantitative estimate of drug-likeness (QED) is 0.537. The first kappa shape index (κ1) is 21.0. The van der Waals surface area contributed by atoms with Crippen molar-refractivity contribution in [2.24, 2.45) is 0 Å². The van der Waals surface area contributed by atoms with Gasteiger partial charge in [-0.2, -0.15) is 0 Å². The second-order valence-electron chi connectivity index (χ2n) is 6.56. The summed E-state index contributed by atoms with van der Waals surface area (Å²) in [5.41, 5.74) is 2.16. The van der Waals surface area contributed by atoms with Gasteiger partial charge in [-0.3, -0.25) is 9.59 Å². The van der Waals surface area contributed by atoms with Gasteiger partial charge in [-0.25, -0.2) is 0 Å². The Kier molecular flexibility index (Phi) is 6.76. The molecule has 2 aromatic rings. The van der Waals surface area contributed by atoms with Gasteiger partial charge in [0, 0.05) is 13.7 Å². The largest absolute Gasteiger partial charge is 0.382 e. The van der Waals surface area contributed by atoms with E-state index in [-0.39, 0.29) is 11.8 Å². The maximum Gasteiger partial charge on any atom is 0.261 e. The molecule has 1 N–H and O–H groups in total. The van der Waals surface area contributed by atoms with Crippen LogP contribution in [-0.2, 0) is 23.8 Å². The Bertz CT molecular complexity index is 964. The SMILES string of the molecule is COCCOCCOCCN1C(=O)C2=C(c3cccs3)NC(=O)C2=C1c1cccs1. The van der Waals surface area contributed by atoms with E-state index >= 15 is 0 Å². The summed E-state index contributed by atoms with van der Waals surface area (Å²) in [6, 6.07) is 7.65. The van der Waals surface area contributed by atoms with E-state index in [1.165, 1.54) is 22.7 Å². The molecule has 2 amide bonds. The van der Waals surface area contributed by atoms with Crippen LogP contribution in [-0.4, -0.2) is 63.4 Å². The maximum atomic E-state index is 13.3. The number of thiophene rings is 2. The highest BCUT2D eigenvalue weighted by atomic mass is 32.1. The zero-order valence-corrected chi connectivity index (χ0v) is 18.1. The molecule has 158 valence electrons. The number of fused-ring (bicyclic) bond motifs is 1. The van der Waals surface area contributed by atoms with Crippen LogP contribution in [0.2, 0.25) is 0 Å². The van der Waals surface area contributed by atoms with E-state index in [9.17, 15) is 9.59 Å². The molecule has 0 aromatic carbocycles. The van der Waals surface area contributed by atoms with Crippen LogP contribution in [0, 0.1) is 0 Å². The lowest BCUT2D eigenvalue weighted by molar-refractivity contribution is -0.123. The predicted octanol–water partition coefficient (Wildman–Crippen LogP) is 2.58. The van der Waals surface area contributed by atoms with Gasteiger partial charge in [-0.15, -0.1) is 22.7 Å². The highest BCUT2D eigenvalue weighted by Gasteiger charge is 2.45. The second-order valence-corrected chi connectivity index (χ2v) is 8.45. The summed E-state index contributed by atoms with van der Waals surface area (Å²) in [7, 11) is 1.63. The Hall–Kier alpha value is -2.30. The van der Waals surface area contributed by atoms with Gasteiger partial charge in [0.05, 0.1) is 65.3 Å². The van der Waals surface area contributed by atoms with Gasteiger partial charge in [-0.1, -0.05) is 12.1 Å². The third-order valence-corrected chi connectivity index (χ3v) is 6.48. The normalized spacial score (nSPS) is 16.1. The summed E-state index contributed by atoms with van der Waals surface area (Å²) in [5, 5.41) is 6.76. The molecular formula is C21H22N2O5S2. The molecule has 2 aliphatic heterocycles. The van der Waals surface area contributed by atoms with E-state index in [1.807, 2.05) is 35.0 Å². The smallest absolute Gasteiger partial charge is 0.261 e. The Morgan fingerprint density at radius 1 is 0.900 bits per heavy atom. The molecule has 0 saturated carbocycles. The minimum absolute atomic E-state index is 0.171. The van der Waals surface area contributed by atoms with Crippen LogP contribution < -0.4 is 5.32 Å². The molecule has 4 rings (SSSR count). The lowest BCUT2D eigenvalue weighted by Gasteiger charge is -2.20. The number of hydrogen-bond acceptors (Lipinski definition) is 7. The molecular weight excluding hydrogens is 424 g/mol. The molecule has 7 nitrogen and oxygen atoms in total. The Balaban J connectivity index is 1.52. The molecule has 0 unspecified atom stereocenters. The molecule has 0 aliphatic carbocycles. The van der Waals surface area contributed by atoms with E-state index in [2.05, 4.69) is 5.32 Å². The lowest BCUT2D eigenvalue weighted by atomic mass is 10.1. The third-order valence-electron chi connectivity index (χ3n) is 4.72. The molecule has 0 radical (unpaired) electrons. The van der Waals surface area contributed by atoms with Gasteiger partial charge in [0.2, 0.25) is 0 Å². The van der Waals surface area contributed by atoms with Crippen molar-refractivity contribution in [1.29, 1.82) is 0 Å². The summed E-state index contributed by atoms with van der Waals surface area (Å²) in [4.78, 5) is 29.6. The Morgan fingerprint density at radius 2 is 1.57 bits per heavy atom. The standard InChI is InChI=1S/C21H22N2O5S2/c1-26-8-9-28-11-10-27-7-6-23-19(15-5-3-13-30-15)17-16(21(23)25)18(22-20(17)24)14-4-2-12-29-14/h2-5,12-13H,6-11H2,1H3,(H,22,24). The van der Waals surface area contributed by atoms with E-state index in [0.717, 1.165) is 9.75 Å². The molecule has 30 heavy (non-hydrogen) atoms. The number of ether oxygens (including phenoxy) is 3. The van der Waals surface area contributed by atoms with Crippen molar-refractivity contribution in [3.63, 3.8) is 0 Å². The first-order valence-electron chi connectivity index (χ1n) is 9.56. The zero-order chi connectivity index (χ0) is 20.9. The molecule has 4 heterocycles. The molecule has 2 aliphatic rings. The van der Waals surface area contributed by atoms with Crippen molar-refractivity contribution in [2.45, 2.75) is 0 Å². The van der Waals surface area contributed by atoms with Crippen LogP contribution in [0.1, 0.15) is 9.75 Å². The number of carbonyl (C=O) groups is 2. The fourth-order valence-corrected chi connectivity index (χ4v) is 4.91. The number of amides is 2. The van der Waals surface area contributed by atoms with Crippen LogP contribution in [0.25, 0.3) is 11.4 Å². The molecule has 0 bridgehead atoms. The summed E-state index contributed by atoms with van der Waals surface area (Å²) in [6.07, 6.45) is 0. The Morgan fingerprint density at radius 3 is 2.23 bits per heavy atom. The fraction of sp³-hybridized carbons (Fsp3) is 0.333. The van der Waals surface area contributed by atoms with Crippen LogP contribution in [0.15, 0.2) is 46.2 Å². The second kappa shape index (κ2) is 9.67. The molecule has 0 atom stereocenters. The summed E-state index contributed by atoms with van der Waals surface area (Å²) in [6.45, 7) is 2.68. The number of hydrogen-bond donors (Lipinski definition) is 1. The predicted molar refractivity (Wildman–Crippen MR) is 116 cm³/mol. The minimum Gasteiger partial charge on any atom is -0.382 e. The number of rotatable bonds is 11. The van der Waals surface area contributed by atoms with E-state index in [0.29, 0.717) is 62.1 Å².